The number of aromatic nitrogens is 1. The number of pyridine rings is 1. The summed E-state index contributed by atoms with van der Waals surface area (Å²) < 4.78 is 4.78. The third-order valence-corrected chi connectivity index (χ3v) is 1.65. The molecule has 0 radical (unpaired) electrons. The number of aliphatic hydroxyl groups is 1. The third-order valence-electron chi connectivity index (χ3n) is 1.65. The zero-order valence-electron chi connectivity index (χ0n) is 8.10. The molecule has 0 aromatic carbocycles. The van der Waals surface area contributed by atoms with Crippen LogP contribution in [0.1, 0.15) is 0 Å². The van der Waals surface area contributed by atoms with Crippen LogP contribution in [-0.2, 0) is 4.74 Å². The van der Waals surface area contributed by atoms with Gasteiger partial charge in [-0.05, 0) is 12.1 Å². The first kappa shape index (κ1) is 10.7. The van der Waals surface area contributed by atoms with Gasteiger partial charge in [-0.2, -0.15) is 0 Å². The maximum absolute atomic E-state index is 9.33. The van der Waals surface area contributed by atoms with E-state index in [1.54, 1.807) is 25.3 Å². The van der Waals surface area contributed by atoms with Gasteiger partial charge in [-0.25, -0.2) is 4.98 Å². The number of methoxy groups -OCH3 is 1. The van der Waals surface area contributed by atoms with Crippen LogP contribution in [0.2, 0.25) is 0 Å². The number of aliphatic hydroxyl groups excluding tert-OH is 1. The first-order valence-electron chi connectivity index (χ1n) is 4.36. The molecule has 0 spiro atoms. The Kier molecular flexibility index (Phi) is 4.15. The Morgan fingerprint density at radius 2 is 2.43 bits per heavy atom. The third kappa shape index (κ3) is 3.59. The van der Waals surface area contributed by atoms with Crippen molar-refractivity contribution in [3.8, 4) is 0 Å². The Bertz CT molecular complexity index is 281. The molecule has 0 saturated heterocycles. The minimum atomic E-state index is -0.539. The van der Waals surface area contributed by atoms with Gasteiger partial charge in [-0.15, -0.1) is 0 Å². The van der Waals surface area contributed by atoms with E-state index in [1.165, 1.54) is 0 Å². The molecule has 0 aliphatic heterocycles. The number of nitrogens with two attached hydrogens (primary N) is 1. The Morgan fingerprint density at radius 3 is 3.07 bits per heavy atom. The van der Waals surface area contributed by atoms with Crippen molar-refractivity contribution in [3.05, 3.63) is 18.2 Å². The summed E-state index contributed by atoms with van der Waals surface area (Å²) >= 11 is 0. The Labute approximate surface area is 82.9 Å². The average Bonchev–Trinajstić information content (AvgIpc) is 2.15. The Balaban J connectivity index is 2.37. The first-order valence-corrected chi connectivity index (χ1v) is 4.36. The molecule has 5 heteroatoms. The summed E-state index contributed by atoms with van der Waals surface area (Å²) in [6.45, 7) is 0.694. The van der Waals surface area contributed by atoms with E-state index >= 15 is 0 Å². The Hall–Kier alpha value is -1.33. The fourth-order valence-corrected chi connectivity index (χ4v) is 1.02. The van der Waals surface area contributed by atoms with E-state index in [9.17, 15) is 5.11 Å². The zero-order valence-corrected chi connectivity index (χ0v) is 8.10. The molecule has 1 atom stereocenters. The van der Waals surface area contributed by atoms with Crippen molar-refractivity contribution < 1.29 is 9.84 Å². The highest BCUT2D eigenvalue weighted by Crippen LogP contribution is 2.05. The number of nitrogens with one attached hydrogen (secondary N) is 1. The molecule has 1 unspecified atom stereocenters. The predicted molar refractivity (Wildman–Crippen MR) is 55.0 cm³/mol. The van der Waals surface area contributed by atoms with Crippen molar-refractivity contribution in [3.63, 3.8) is 0 Å². The molecule has 4 N–H and O–H groups in total. The number of rotatable bonds is 5. The van der Waals surface area contributed by atoms with Crippen LogP contribution in [0.25, 0.3) is 0 Å². The highest BCUT2D eigenvalue weighted by Gasteiger charge is 2.02. The SMILES string of the molecule is COCC(O)CNc1cccc(N)n1. The van der Waals surface area contributed by atoms with Gasteiger partial charge in [0.1, 0.15) is 11.6 Å². The van der Waals surface area contributed by atoms with Gasteiger partial charge in [0, 0.05) is 13.7 Å². The molecular weight excluding hydrogens is 182 g/mol. The van der Waals surface area contributed by atoms with Gasteiger partial charge in [-0.3, -0.25) is 0 Å². The fourth-order valence-electron chi connectivity index (χ4n) is 1.02. The molecule has 0 bridgehead atoms. The lowest BCUT2D eigenvalue weighted by Crippen LogP contribution is -2.24. The second-order valence-electron chi connectivity index (χ2n) is 2.94. The van der Waals surface area contributed by atoms with Crippen LogP contribution in [0, 0.1) is 0 Å². The zero-order chi connectivity index (χ0) is 10.4. The van der Waals surface area contributed by atoms with Crippen LogP contribution in [0.15, 0.2) is 18.2 Å². The van der Waals surface area contributed by atoms with Crippen molar-refractivity contribution in [2.45, 2.75) is 6.10 Å². The minimum absolute atomic E-state index is 0.301. The topological polar surface area (TPSA) is 80.4 Å². The molecule has 14 heavy (non-hydrogen) atoms. The molecule has 1 aromatic heterocycles. The number of nitrogens with zero attached hydrogens (tertiary/aromatic N) is 1. The number of anilines is 2. The first-order chi connectivity index (χ1) is 6.72. The lowest BCUT2D eigenvalue weighted by Gasteiger charge is -2.11. The van der Waals surface area contributed by atoms with Crippen LogP contribution in [-0.4, -0.2) is 36.5 Å². The van der Waals surface area contributed by atoms with E-state index in [4.69, 9.17) is 10.5 Å². The van der Waals surface area contributed by atoms with Gasteiger partial charge in [0.25, 0.3) is 0 Å². The van der Waals surface area contributed by atoms with Gasteiger partial charge >= 0.3 is 0 Å². The number of nitrogen functional groups attached to an aromatic ring is 1. The van der Waals surface area contributed by atoms with E-state index in [1.807, 2.05) is 0 Å². The molecule has 0 amide bonds. The fraction of sp³-hybridized carbons (Fsp3) is 0.444. The predicted octanol–water partition coefficient (Wildman–Crippen LogP) is 0.0830. The largest absolute Gasteiger partial charge is 0.389 e. The number of hydrogen-bond acceptors (Lipinski definition) is 5. The molecule has 1 rings (SSSR count). The summed E-state index contributed by atoms with van der Waals surface area (Å²) in [4.78, 5) is 4.02. The summed E-state index contributed by atoms with van der Waals surface area (Å²) in [7, 11) is 1.54. The molecule has 0 saturated carbocycles. The van der Waals surface area contributed by atoms with E-state index in [2.05, 4.69) is 10.3 Å². The van der Waals surface area contributed by atoms with Crippen molar-refractivity contribution in [2.75, 3.05) is 31.3 Å². The van der Waals surface area contributed by atoms with Crippen LogP contribution < -0.4 is 11.1 Å². The maximum Gasteiger partial charge on any atom is 0.128 e. The summed E-state index contributed by atoms with van der Waals surface area (Å²) in [6.07, 6.45) is -0.539. The maximum atomic E-state index is 9.33. The summed E-state index contributed by atoms with van der Waals surface area (Å²) in [5, 5.41) is 12.3. The van der Waals surface area contributed by atoms with Crippen molar-refractivity contribution in [1.82, 2.24) is 4.98 Å². The van der Waals surface area contributed by atoms with E-state index in [0.29, 0.717) is 24.8 Å². The highest BCUT2D eigenvalue weighted by atomic mass is 16.5. The standard InChI is InChI=1S/C9H15N3O2/c1-14-6-7(13)5-11-9-4-2-3-8(10)12-9/h2-4,7,13H,5-6H2,1H3,(H3,10,11,12). The van der Waals surface area contributed by atoms with Crippen LogP contribution in [0.4, 0.5) is 11.6 Å². The van der Waals surface area contributed by atoms with Gasteiger partial charge < -0.3 is 20.9 Å². The van der Waals surface area contributed by atoms with E-state index in [0.717, 1.165) is 0 Å². The lowest BCUT2D eigenvalue weighted by molar-refractivity contribution is 0.0727. The normalized spacial score (nSPS) is 12.4. The van der Waals surface area contributed by atoms with Crippen LogP contribution >= 0.6 is 0 Å². The van der Waals surface area contributed by atoms with Crippen molar-refractivity contribution >= 4 is 11.6 Å². The average molecular weight is 197 g/mol. The molecule has 0 aliphatic carbocycles. The molecule has 1 aromatic rings. The summed E-state index contributed by atoms with van der Waals surface area (Å²) in [5.41, 5.74) is 5.49. The van der Waals surface area contributed by atoms with Crippen molar-refractivity contribution in [1.29, 1.82) is 0 Å². The van der Waals surface area contributed by atoms with Crippen LogP contribution in [0.5, 0.6) is 0 Å². The van der Waals surface area contributed by atoms with Crippen molar-refractivity contribution in [2.24, 2.45) is 0 Å². The molecule has 78 valence electrons. The number of ether oxygens (including phenoxy) is 1. The summed E-state index contributed by atoms with van der Waals surface area (Å²) in [6, 6.07) is 5.29. The number of hydrogen-bond donors (Lipinski definition) is 3. The minimum Gasteiger partial charge on any atom is -0.389 e. The molecule has 1 heterocycles. The molecule has 0 aliphatic rings. The summed E-state index contributed by atoms with van der Waals surface area (Å²) in [5.74, 6) is 1.11. The second kappa shape index (κ2) is 5.41. The van der Waals surface area contributed by atoms with Gasteiger partial charge in [0.15, 0.2) is 0 Å². The van der Waals surface area contributed by atoms with Gasteiger partial charge in [0.2, 0.25) is 0 Å². The second-order valence-corrected chi connectivity index (χ2v) is 2.94. The van der Waals surface area contributed by atoms with Gasteiger partial charge in [-0.1, -0.05) is 6.07 Å². The van der Waals surface area contributed by atoms with E-state index < -0.39 is 6.10 Å². The quantitative estimate of drug-likeness (QED) is 0.623. The molecule has 0 fully saturated rings. The monoisotopic (exact) mass is 197 g/mol. The molecular formula is C9H15N3O2. The van der Waals surface area contributed by atoms with Gasteiger partial charge in [0.05, 0.1) is 12.7 Å². The van der Waals surface area contributed by atoms with Crippen LogP contribution in [0.3, 0.4) is 0 Å². The highest BCUT2D eigenvalue weighted by molar-refractivity contribution is 5.42. The smallest absolute Gasteiger partial charge is 0.128 e. The lowest BCUT2D eigenvalue weighted by atomic mass is 10.3. The molecule has 5 nitrogen and oxygen atoms in total. The van der Waals surface area contributed by atoms with E-state index in [-0.39, 0.29) is 0 Å². The Morgan fingerprint density at radius 1 is 1.64 bits per heavy atom.